The van der Waals surface area contributed by atoms with E-state index < -0.39 is 32.2 Å². The van der Waals surface area contributed by atoms with Crippen LogP contribution >= 0.6 is 7.60 Å². The molecule has 0 radical (unpaired) electrons. The number of anilines is 1. The van der Waals surface area contributed by atoms with Gasteiger partial charge in [-0.15, -0.1) is 0 Å². The average Bonchev–Trinajstić information content (AvgIpc) is 2.42. The van der Waals surface area contributed by atoms with Crippen LogP contribution in [0.1, 0.15) is 6.23 Å². The molecule has 4 N–H and O–H groups in total. The Balaban J connectivity index is 2.83. The Morgan fingerprint density at radius 3 is 2.68 bits per heavy atom. The van der Waals surface area contributed by atoms with Crippen LogP contribution in [0.3, 0.4) is 0 Å². The lowest BCUT2D eigenvalue weighted by molar-refractivity contribution is -0.115. The van der Waals surface area contributed by atoms with Gasteiger partial charge in [0.2, 0.25) is 0 Å². The van der Waals surface area contributed by atoms with E-state index in [1.165, 1.54) is 19.4 Å². The lowest BCUT2D eigenvalue weighted by Crippen LogP contribution is -2.35. The van der Waals surface area contributed by atoms with Crippen molar-refractivity contribution in [1.82, 2.24) is 9.55 Å². The Labute approximate surface area is 127 Å². The monoisotopic (exact) mass is 337 g/mol. The van der Waals surface area contributed by atoms with Crippen molar-refractivity contribution in [2.75, 3.05) is 39.3 Å². The topological polar surface area (TPSA) is 146 Å². The second-order valence-electron chi connectivity index (χ2n) is 4.49. The van der Waals surface area contributed by atoms with E-state index in [0.29, 0.717) is 0 Å². The van der Waals surface area contributed by atoms with Gasteiger partial charge in [0, 0.05) is 20.0 Å². The fraction of sp³-hybridized carbons (Fsp3) is 0.636. The molecule has 1 rings (SSSR count). The highest BCUT2D eigenvalue weighted by Crippen LogP contribution is 2.36. The first-order chi connectivity index (χ1) is 10.3. The molecule has 3 unspecified atom stereocenters. The molecular formula is C11H20N3O7P. The van der Waals surface area contributed by atoms with Crippen molar-refractivity contribution >= 4 is 13.4 Å². The van der Waals surface area contributed by atoms with Gasteiger partial charge in [-0.1, -0.05) is 0 Å². The molecule has 0 saturated heterocycles. The Hall–Kier alpha value is -1.29. The van der Waals surface area contributed by atoms with Gasteiger partial charge in [0.25, 0.3) is 0 Å². The number of hydrogen-bond donors (Lipinski definition) is 3. The predicted molar refractivity (Wildman–Crippen MR) is 77.5 cm³/mol. The zero-order chi connectivity index (χ0) is 16.8. The van der Waals surface area contributed by atoms with Crippen molar-refractivity contribution in [2.45, 2.75) is 12.3 Å². The zero-order valence-corrected chi connectivity index (χ0v) is 13.2. The number of ether oxygens (including phenoxy) is 2. The molecule has 11 heteroatoms. The molecule has 0 saturated carbocycles. The fourth-order valence-corrected chi connectivity index (χ4v) is 2.04. The van der Waals surface area contributed by atoms with Crippen LogP contribution in [0, 0.1) is 0 Å². The lowest BCUT2D eigenvalue weighted by Gasteiger charge is -2.24. The maximum atomic E-state index is 11.7. The summed E-state index contributed by atoms with van der Waals surface area (Å²) in [6.07, 6.45) is -0.501. The van der Waals surface area contributed by atoms with Gasteiger partial charge in [-0.3, -0.25) is 9.13 Å². The minimum Gasteiger partial charge on any atom is -0.392 e. The standard InChI is InChI=1S/C11H20N3O7P/c1-19-6-8(7-20-22(2,17)18)21-10(5-15)14-4-3-9(12)13-11(14)16/h3-4,8,10,15H,5-7H2,1-2H3,(H,17,18)(H2,12,13,16). The summed E-state index contributed by atoms with van der Waals surface area (Å²) in [7, 11) is -2.27. The SMILES string of the molecule is COCC(COP(C)(=O)O)OC(CO)n1ccc(N)nc1=O. The molecule has 0 fully saturated rings. The third kappa shape index (κ3) is 6.22. The van der Waals surface area contributed by atoms with Crippen LogP contribution in [0.25, 0.3) is 0 Å². The number of methoxy groups -OCH3 is 1. The van der Waals surface area contributed by atoms with Gasteiger partial charge in [0.1, 0.15) is 11.9 Å². The number of aliphatic hydroxyl groups excluding tert-OH is 1. The number of nitrogen functional groups attached to an aromatic ring is 1. The van der Waals surface area contributed by atoms with E-state index in [2.05, 4.69) is 4.98 Å². The second-order valence-corrected chi connectivity index (χ2v) is 6.36. The predicted octanol–water partition coefficient (Wildman–Crippen LogP) is -0.820. The van der Waals surface area contributed by atoms with Gasteiger partial charge in [-0.25, -0.2) is 4.79 Å². The summed E-state index contributed by atoms with van der Waals surface area (Å²) in [4.78, 5) is 24.4. The van der Waals surface area contributed by atoms with Gasteiger partial charge in [-0.2, -0.15) is 4.98 Å². The molecular weight excluding hydrogens is 317 g/mol. The van der Waals surface area contributed by atoms with Gasteiger partial charge in [-0.05, 0) is 6.07 Å². The first kappa shape index (κ1) is 18.8. The summed E-state index contributed by atoms with van der Waals surface area (Å²) in [5.41, 5.74) is 4.69. The average molecular weight is 337 g/mol. The first-order valence-corrected chi connectivity index (χ1v) is 8.34. The quantitative estimate of drug-likeness (QED) is 0.492. The smallest absolute Gasteiger partial charge is 0.351 e. The number of nitrogens with two attached hydrogens (primary N) is 1. The van der Waals surface area contributed by atoms with Crippen molar-refractivity contribution in [3.05, 3.63) is 22.7 Å². The third-order valence-electron chi connectivity index (χ3n) is 2.52. The highest BCUT2D eigenvalue weighted by Gasteiger charge is 2.22. The summed E-state index contributed by atoms with van der Waals surface area (Å²) in [5, 5.41) is 9.39. The van der Waals surface area contributed by atoms with Crippen molar-refractivity contribution in [3.63, 3.8) is 0 Å². The number of hydrogen-bond acceptors (Lipinski definition) is 8. The number of rotatable bonds is 9. The van der Waals surface area contributed by atoms with Crippen LogP contribution in [0.15, 0.2) is 17.1 Å². The summed E-state index contributed by atoms with van der Waals surface area (Å²) in [6.45, 7) is 0.308. The lowest BCUT2D eigenvalue weighted by atomic mass is 10.4. The van der Waals surface area contributed by atoms with E-state index in [1.54, 1.807) is 0 Å². The largest absolute Gasteiger partial charge is 0.392 e. The minimum atomic E-state index is -3.68. The number of aromatic nitrogens is 2. The normalized spacial score (nSPS) is 16.9. The molecule has 1 heterocycles. The number of aliphatic hydroxyl groups is 1. The van der Waals surface area contributed by atoms with E-state index in [-0.39, 0.29) is 19.0 Å². The molecule has 0 aliphatic carbocycles. The molecule has 22 heavy (non-hydrogen) atoms. The van der Waals surface area contributed by atoms with Crippen molar-refractivity contribution in [2.24, 2.45) is 0 Å². The van der Waals surface area contributed by atoms with Crippen LogP contribution in [0.2, 0.25) is 0 Å². The maximum absolute atomic E-state index is 11.7. The summed E-state index contributed by atoms with van der Waals surface area (Å²) >= 11 is 0. The molecule has 1 aromatic rings. The fourth-order valence-electron chi connectivity index (χ4n) is 1.60. The maximum Gasteiger partial charge on any atom is 0.351 e. The van der Waals surface area contributed by atoms with Crippen molar-refractivity contribution in [1.29, 1.82) is 0 Å². The highest BCUT2D eigenvalue weighted by atomic mass is 31.2. The zero-order valence-electron chi connectivity index (χ0n) is 12.3. The molecule has 0 aliphatic heterocycles. The van der Waals surface area contributed by atoms with Crippen LogP contribution in [0.4, 0.5) is 5.82 Å². The Morgan fingerprint density at radius 2 is 2.18 bits per heavy atom. The van der Waals surface area contributed by atoms with E-state index in [9.17, 15) is 14.5 Å². The molecule has 126 valence electrons. The molecule has 3 atom stereocenters. The first-order valence-electron chi connectivity index (χ1n) is 6.31. The summed E-state index contributed by atoms with van der Waals surface area (Å²) < 4.78 is 27.4. The van der Waals surface area contributed by atoms with Crippen LogP contribution < -0.4 is 11.4 Å². The Bertz CT molecular complexity index is 573. The van der Waals surface area contributed by atoms with Gasteiger partial charge >= 0.3 is 13.3 Å². The molecule has 0 amide bonds. The van der Waals surface area contributed by atoms with Crippen molar-refractivity contribution in [3.8, 4) is 0 Å². The molecule has 0 aliphatic rings. The number of nitrogens with zero attached hydrogens (tertiary/aromatic N) is 2. The van der Waals surface area contributed by atoms with E-state index in [4.69, 9.17) is 24.6 Å². The van der Waals surface area contributed by atoms with Crippen LogP contribution in [-0.2, 0) is 18.6 Å². The van der Waals surface area contributed by atoms with E-state index in [0.717, 1.165) is 11.2 Å². The van der Waals surface area contributed by atoms with Gasteiger partial charge in [0.05, 0.1) is 19.8 Å². The third-order valence-corrected chi connectivity index (χ3v) is 3.15. The minimum absolute atomic E-state index is 0.0354. The summed E-state index contributed by atoms with van der Waals surface area (Å²) in [6, 6.07) is 1.38. The highest BCUT2D eigenvalue weighted by molar-refractivity contribution is 7.51. The summed E-state index contributed by atoms with van der Waals surface area (Å²) in [5.74, 6) is 0.0434. The van der Waals surface area contributed by atoms with Crippen LogP contribution in [-0.4, -0.2) is 59.3 Å². The van der Waals surface area contributed by atoms with E-state index >= 15 is 0 Å². The van der Waals surface area contributed by atoms with E-state index in [1.807, 2.05) is 0 Å². The van der Waals surface area contributed by atoms with Gasteiger partial charge < -0.3 is 29.7 Å². The Morgan fingerprint density at radius 1 is 1.50 bits per heavy atom. The molecule has 0 aromatic carbocycles. The van der Waals surface area contributed by atoms with Gasteiger partial charge in [0.15, 0.2) is 6.23 Å². The molecule has 0 bridgehead atoms. The van der Waals surface area contributed by atoms with Crippen LogP contribution in [0.5, 0.6) is 0 Å². The molecule has 0 spiro atoms. The molecule has 1 aromatic heterocycles. The second kappa shape index (κ2) is 8.37. The molecule has 10 nitrogen and oxygen atoms in total. The Kier molecular flexibility index (Phi) is 7.14. The van der Waals surface area contributed by atoms with Crippen molar-refractivity contribution < 1.29 is 28.6 Å².